The molecule has 1 amide bonds. The molecule has 0 radical (unpaired) electrons. The molecule has 3 rings (SSSR count). The highest BCUT2D eigenvalue weighted by molar-refractivity contribution is 7.22. The van der Waals surface area contributed by atoms with E-state index in [0.29, 0.717) is 22.4 Å². The van der Waals surface area contributed by atoms with Gasteiger partial charge in [0.2, 0.25) is 0 Å². The highest BCUT2D eigenvalue weighted by atomic mass is 35.5. The van der Waals surface area contributed by atoms with Crippen LogP contribution < -0.4 is 9.64 Å². The van der Waals surface area contributed by atoms with Crippen LogP contribution in [0, 0.1) is 6.92 Å². The maximum atomic E-state index is 12.9. The van der Waals surface area contributed by atoms with Crippen LogP contribution >= 0.6 is 22.9 Å². The van der Waals surface area contributed by atoms with E-state index >= 15 is 0 Å². The van der Waals surface area contributed by atoms with Crippen molar-refractivity contribution in [3.63, 3.8) is 0 Å². The molecule has 0 saturated carbocycles. The van der Waals surface area contributed by atoms with Gasteiger partial charge >= 0.3 is 0 Å². The lowest BCUT2D eigenvalue weighted by atomic mass is 10.2. The average Bonchev–Trinajstić information content (AvgIpc) is 3.04. The van der Waals surface area contributed by atoms with Crippen molar-refractivity contribution in [1.29, 1.82) is 0 Å². The van der Waals surface area contributed by atoms with Crippen molar-refractivity contribution in [2.24, 2.45) is 0 Å². The van der Waals surface area contributed by atoms with Crippen molar-refractivity contribution in [3.8, 4) is 5.75 Å². The molecule has 0 atom stereocenters. The zero-order valence-electron chi connectivity index (χ0n) is 15.6. The molecule has 2 aromatic carbocycles. The summed E-state index contributed by atoms with van der Waals surface area (Å²) in [5.74, 6) is 0.550. The van der Waals surface area contributed by atoms with Crippen LogP contribution in [0.3, 0.4) is 0 Å². The molecule has 0 aliphatic heterocycles. The van der Waals surface area contributed by atoms with E-state index in [1.54, 1.807) is 4.90 Å². The molecule has 0 unspecified atom stereocenters. The summed E-state index contributed by atoms with van der Waals surface area (Å²) >= 11 is 7.64. The van der Waals surface area contributed by atoms with E-state index in [2.05, 4.69) is 0 Å². The lowest BCUT2D eigenvalue weighted by Crippen LogP contribution is -2.39. The molecule has 0 N–H and O–H groups in total. The topological polar surface area (TPSA) is 45.7 Å². The second kappa shape index (κ2) is 8.69. The molecule has 0 spiro atoms. The number of carbonyl (C=O) groups is 1. The molecule has 0 saturated heterocycles. The van der Waals surface area contributed by atoms with Gasteiger partial charge in [0, 0.05) is 18.1 Å². The number of likely N-dealkylation sites (N-methyl/N-ethyl adjacent to an activating group) is 1. The quantitative estimate of drug-likeness (QED) is 0.592. The maximum Gasteiger partial charge on any atom is 0.266 e. The third-order valence-electron chi connectivity index (χ3n) is 4.05. The van der Waals surface area contributed by atoms with Gasteiger partial charge in [-0.3, -0.25) is 9.69 Å². The molecule has 1 heterocycles. The van der Waals surface area contributed by atoms with Gasteiger partial charge in [-0.15, -0.1) is 0 Å². The fraction of sp³-hybridized carbons (Fsp3) is 0.300. The number of aryl methyl sites for hydroxylation is 1. The molecule has 3 aromatic rings. The van der Waals surface area contributed by atoms with Crippen LogP contribution in [0.4, 0.5) is 5.13 Å². The van der Waals surface area contributed by atoms with Gasteiger partial charge in [-0.25, -0.2) is 4.98 Å². The molecule has 0 aliphatic carbocycles. The Balaban J connectivity index is 1.84. The SMILES string of the molecule is Cc1cc(Cl)cc2sc(N(CCN(C)C)C(=O)COc3ccccc3)nc12. The Morgan fingerprint density at radius 2 is 1.93 bits per heavy atom. The van der Waals surface area contributed by atoms with Crippen molar-refractivity contribution >= 4 is 44.2 Å². The Hall–Kier alpha value is -2.15. The predicted octanol–water partition coefficient (Wildman–Crippen LogP) is 4.23. The van der Waals surface area contributed by atoms with Crippen molar-refractivity contribution in [2.45, 2.75) is 6.92 Å². The lowest BCUT2D eigenvalue weighted by Gasteiger charge is -2.22. The predicted molar refractivity (Wildman–Crippen MR) is 112 cm³/mol. The van der Waals surface area contributed by atoms with E-state index in [1.807, 2.05) is 68.4 Å². The van der Waals surface area contributed by atoms with Crippen molar-refractivity contribution in [1.82, 2.24) is 9.88 Å². The van der Waals surface area contributed by atoms with Gasteiger partial charge in [-0.1, -0.05) is 41.1 Å². The first kappa shape index (κ1) is 19.6. The van der Waals surface area contributed by atoms with Crippen LogP contribution in [0.1, 0.15) is 5.56 Å². The second-order valence-corrected chi connectivity index (χ2v) is 7.96. The van der Waals surface area contributed by atoms with E-state index < -0.39 is 0 Å². The normalized spacial score (nSPS) is 11.1. The molecule has 5 nitrogen and oxygen atoms in total. The number of para-hydroxylation sites is 1. The number of fused-ring (bicyclic) bond motifs is 1. The summed E-state index contributed by atoms with van der Waals surface area (Å²) < 4.78 is 6.62. The zero-order chi connectivity index (χ0) is 19.4. The lowest BCUT2D eigenvalue weighted by molar-refractivity contribution is -0.120. The number of ether oxygens (including phenoxy) is 1. The Labute approximate surface area is 168 Å². The number of nitrogens with zero attached hydrogens (tertiary/aromatic N) is 3. The number of hydrogen-bond acceptors (Lipinski definition) is 5. The Morgan fingerprint density at radius 1 is 1.19 bits per heavy atom. The monoisotopic (exact) mass is 403 g/mol. The molecular formula is C20H22ClN3O2S. The average molecular weight is 404 g/mol. The summed E-state index contributed by atoms with van der Waals surface area (Å²) in [6.07, 6.45) is 0. The fourth-order valence-electron chi connectivity index (χ4n) is 2.62. The van der Waals surface area contributed by atoms with Crippen LogP contribution in [0.2, 0.25) is 5.02 Å². The van der Waals surface area contributed by atoms with Gasteiger partial charge < -0.3 is 9.64 Å². The summed E-state index contributed by atoms with van der Waals surface area (Å²) in [5, 5.41) is 1.34. The zero-order valence-corrected chi connectivity index (χ0v) is 17.2. The number of benzene rings is 2. The van der Waals surface area contributed by atoms with Crippen molar-refractivity contribution in [3.05, 3.63) is 53.1 Å². The van der Waals surface area contributed by atoms with Crippen LogP contribution in [0.25, 0.3) is 10.2 Å². The Bertz CT molecular complexity index is 928. The van der Waals surface area contributed by atoms with Crippen LogP contribution in [-0.4, -0.2) is 49.6 Å². The molecule has 0 bridgehead atoms. The minimum absolute atomic E-state index is 0.0346. The Kier molecular flexibility index (Phi) is 6.31. The number of anilines is 1. The van der Waals surface area contributed by atoms with E-state index in [4.69, 9.17) is 21.3 Å². The highest BCUT2D eigenvalue weighted by Gasteiger charge is 2.21. The molecule has 0 fully saturated rings. The summed E-state index contributed by atoms with van der Waals surface area (Å²) in [7, 11) is 3.96. The van der Waals surface area contributed by atoms with Gasteiger partial charge in [0.05, 0.1) is 10.2 Å². The summed E-state index contributed by atoms with van der Waals surface area (Å²) in [6.45, 7) is 3.21. The van der Waals surface area contributed by atoms with Crippen LogP contribution in [-0.2, 0) is 4.79 Å². The molecule has 7 heteroatoms. The first-order valence-corrected chi connectivity index (χ1v) is 9.83. The standard InChI is InChI=1S/C20H22ClN3O2S/c1-14-11-15(21)12-17-19(14)22-20(27-17)24(10-9-23(2)3)18(25)13-26-16-7-5-4-6-8-16/h4-8,11-12H,9-10,13H2,1-3H3. The highest BCUT2D eigenvalue weighted by Crippen LogP contribution is 2.33. The maximum absolute atomic E-state index is 12.9. The minimum Gasteiger partial charge on any atom is -0.484 e. The minimum atomic E-state index is -0.122. The van der Waals surface area contributed by atoms with Gasteiger partial charge in [0.1, 0.15) is 5.75 Å². The van der Waals surface area contributed by atoms with Gasteiger partial charge in [-0.2, -0.15) is 0 Å². The first-order valence-electron chi connectivity index (χ1n) is 8.63. The van der Waals surface area contributed by atoms with Crippen LogP contribution in [0.5, 0.6) is 5.75 Å². The van der Waals surface area contributed by atoms with E-state index in [9.17, 15) is 4.79 Å². The van der Waals surface area contributed by atoms with Gasteiger partial charge in [0.25, 0.3) is 5.91 Å². The third-order valence-corrected chi connectivity index (χ3v) is 5.29. The molecule has 142 valence electrons. The molecular weight excluding hydrogens is 382 g/mol. The van der Waals surface area contributed by atoms with Crippen molar-refractivity contribution < 1.29 is 9.53 Å². The largest absolute Gasteiger partial charge is 0.484 e. The number of carbonyl (C=O) groups excluding carboxylic acids is 1. The van der Waals surface area contributed by atoms with Gasteiger partial charge in [-0.05, 0) is 50.8 Å². The number of amides is 1. The van der Waals surface area contributed by atoms with E-state index in [0.717, 1.165) is 22.3 Å². The molecule has 0 aliphatic rings. The Morgan fingerprint density at radius 3 is 2.63 bits per heavy atom. The summed E-state index contributed by atoms with van der Waals surface area (Å²) in [6, 6.07) is 13.1. The number of hydrogen-bond donors (Lipinski definition) is 0. The molecule has 27 heavy (non-hydrogen) atoms. The fourth-order valence-corrected chi connectivity index (χ4v) is 4.09. The second-order valence-electron chi connectivity index (χ2n) is 6.52. The van der Waals surface area contributed by atoms with E-state index in [1.165, 1.54) is 11.3 Å². The third kappa shape index (κ3) is 4.97. The van der Waals surface area contributed by atoms with Gasteiger partial charge in [0.15, 0.2) is 11.7 Å². The van der Waals surface area contributed by atoms with Crippen molar-refractivity contribution in [2.75, 3.05) is 38.7 Å². The number of halogens is 1. The number of rotatable bonds is 7. The van der Waals surface area contributed by atoms with E-state index in [-0.39, 0.29) is 12.5 Å². The molecule has 1 aromatic heterocycles. The first-order chi connectivity index (χ1) is 12.9. The smallest absolute Gasteiger partial charge is 0.266 e. The summed E-state index contributed by atoms with van der Waals surface area (Å²) in [5.41, 5.74) is 1.88. The summed E-state index contributed by atoms with van der Waals surface area (Å²) in [4.78, 5) is 21.3. The number of aromatic nitrogens is 1. The van der Waals surface area contributed by atoms with Crippen LogP contribution in [0.15, 0.2) is 42.5 Å². The number of thiazole rings is 1.